The van der Waals surface area contributed by atoms with Crippen LogP contribution in [0.3, 0.4) is 0 Å². The summed E-state index contributed by atoms with van der Waals surface area (Å²) in [6, 6.07) is 15.6. The molecule has 1 unspecified atom stereocenters. The van der Waals surface area contributed by atoms with Gasteiger partial charge in [-0.25, -0.2) is 18.4 Å². The van der Waals surface area contributed by atoms with Crippen LogP contribution in [0.2, 0.25) is 0 Å². The van der Waals surface area contributed by atoms with Gasteiger partial charge in [-0.1, -0.05) is 45.0 Å². The summed E-state index contributed by atoms with van der Waals surface area (Å²) in [5, 5.41) is 1.11. The fourth-order valence-corrected chi connectivity index (χ4v) is 6.80. The Morgan fingerprint density at radius 1 is 0.811 bits per heavy atom. The summed E-state index contributed by atoms with van der Waals surface area (Å²) >= 11 is 0. The molecule has 2 aliphatic heterocycles. The van der Waals surface area contributed by atoms with Gasteiger partial charge < -0.3 is 4.90 Å². The molecule has 2 aliphatic rings. The van der Waals surface area contributed by atoms with Crippen molar-refractivity contribution < 1.29 is 8.42 Å². The predicted molar refractivity (Wildman–Crippen MR) is 149 cm³/mol. The summed E-state index contributed by atoms with van der Waals surface area (Å²) < 4.78 is 28.3. The average molecular weight is 522 g/mol. The second-order valence-corrected chi connectivity index (χ2v) is 13.3. The molecule has 8 heteroatoms. The molecule has 37 heavy (non-hydrogen) atoms. The molecule has 0 radical (unpaired) electrons. The van der Waals surface area contributed by atoms with Gasteiger partial charge in [-0.15, -0.1) is 0 Å². The van der Waals surface area contributed by atoms with Crippen molar-refractivity contribution in [3.63, 3.8) is 0 Å². The zero-order valence-corrected chi connectivity index (χ0v) is 23.3. The highest BCUT2D eigenvalue weighted by Gasteiger charge is 2.32. The topological polar surface area (TPSA) is 69.6 Å². The highest BCUT2D eigenvalue weighted by Crippen LogP contribution is 2.30. The zero-order chi connectivity index (χ0) is 26.2. The maximum absolute atomic E-state index is 13.3. The maximum Gasteiger partial charge on any atom is 0.243 e. The molecule has 7 nitrogen and oxygen atoms in total. The molecule has 2 aromatic carbocycles. The van der Waals surface area contributed by atoms with Gasteiger partial charge in [0.05, 0.1) is 16.5 Å². The first kappa shape index (κ1) is 26.1. The SMILES string of the molecule is CC(c1nc(N2CCCCC2)c2ccccc2n1)N1CCN(S(=O)(=O)c2ccc(C(C)(C)C)cc2)CC1. The van der Waals surface area contributed by atoms with Crippen LogP contribution in [0.15, 0.2) is 53.4 Å². The van der Waals surface area contributed by atoms with Crippen molar-refractivity contribution in [2.45, 2.75) is 63.3 Å². The highest BCUT2D eigenvalue weighted by molar-refractivity contribution is 7.89. The molecule has 5 rings (SSSR count). The van der Waals surface area contributed by atoms with E-state index in [2.05, 4.69) is 55.7 Å². The standard InChI is InChI=1S/C29H39N5O2S/c1-22(27-30-26-11-7-6-10-25(26)28(31-27)33-16-8-5-9-17-33)32-18-20-34(21-19-32)37(35,36)24-14-12-23(13-15-24)29(2,3)4/h6-7,10-15,22H,5,8-9,16-21H2,1-4H3. The molecule has 0 spiro atoms. The molecule has 0 saturated carbocycles. The molecule has 0 amide bonds. The normalized spacial score (nSPS) is 19.3. The van der Waals surface area contributed by atoms with Gasteiger partial charge in [0, 0.05) is 44.7 Å². The molecule has 1 aromatic heterocycles. The van der Waals surface area contributed by atoms with E-state index in [9.17, 15) is 8.42 Å². The summed E-state index contributed by atoms with van der Waals surface area (Å²) in [4.78, 5) is 15.1. The van der Waals surface area contributed by atoms with Crippen molar-refractivity contribution in [3.05, 3.63) is 59.9 Å². The molecular formula is C29H39N5O2S. The van der Waals surface area contributed by atoms with E-state index in [0.717, 1.165) is 41.2 Å². The van der Waals surface area contributed by atoms with Crippen LogP contribution in [0, 0.1) is 0 Å². The van der Waals surface area contributed by atoms with Gasteiger partial charge in [0.2, 0.25) is 10.0 Å². The van der Waals surface area contributed by atoms with E-state index in [4.69, 9.17) is 9.97 Å². The molecule has 2 fully saturated rings. The van der Waals surface area contributed by atoms with Crippen LogP contribution in [0.4, 0.5) is 5.82 Å². The van der Waals surface area contributed by atoms with Crippen LogP contribution < -0.4 is 4.90 Å². The van der Waals surface area contributed by atoms with Crippen molar-refractivity contribution in [1.82, 2.24) is 19.2 Å². The van der Waals surface area contributed by atoms with Crippen molar-refractivity contribution in [2.24, 2.45) is 0 Å². The Labute approximate surface area is 221 Å². The monoisotopic (exact) mass is 521 g/mol. The molecule has 0 aliphatic carbocycles. The number of para-hydroxylation sites is 1. The Hall–Kier alpha value is -2.55. The van der Waals surface area contributed by atoms with E-state index < -0.39 is 10.0 Å². The van der Waals surface area contributed by atoms with Crippen LogP contribution in [0.1, 0.15) is 64.4 Å². The molecule has 3 heterocycles. The summed E-state index contributed by atoms with van der Waals surface area (Å²) in [6.07, 6.45) is 3.66. The molecule has 3 aromatic rings. The number of benzene rings is 2. The minimum absolute atomic E-state index is 0.00377. The summed E-state index contributed by atoms with van der Waals surface area (Å²) in [6.45, 7) is 12.8. The third kappa shape index (κ3) is 5.38. The van der Waals surface area contributed by atoms with Gasteiger partial charge in [0.15, 0.2) is 0 Å². The lowest BCUT2D eigenvalue weighted by Gasteiger charge is -2.37. The smallest absolute Gasteiger partial charge is 0.243 e. The predicted octanol–water partition coefficient (Wildman–Crippen LogP) is 4.99. The fourth-order valence-electron chi connectivity index (χ4n) is 5.38. The van der Waals surface area contributed by atoms with Crippen LogP contribution in [0.5, 0.6) is 0 Å². The number of hydrogen-bond donors (Lipinski definition) is 0. The summed E-state index contributed by atoms with van der Waals surface area (Å²) in [7, 11) is -3.52. The van der Waals surface area contributed by atoms with Crippen molar-refractivity contribution in [2.75, 3.05) is 44.2 Å². The largest absolute Gasteiger partial charge is 0.356 e. The lowest BCUT2D eigenvalue weighted by atomic mass is 9.87. The Morgan fingerprint density at radius 2 is 1.46 bits per heavy atom. The molecule has 0 N–H and O–H groups in total. The Morgan fingerprint density at radius 3 is 2.11 bits per heavy atom. The van der Waals surface area contributed by atoms with Crippen LogP contribution in [0.25, 0.3) is 10.9 Å². The number of fused-ring (bicyclic) bond motifs is 1. The quantitative estimate of drug-likeness (QED) is 0.471. The van der Waals surface area contributed by atoms with E-state index in [-0.39, 0.29) is 11.5 Å². The van der Waals surface area contributed by atoms with E-state index in [0.29, 0.717) is 31.1 Å². The minimum Gasteiger partial charge on any atom is -0.356 e. The minimum atomic E-state index is -3.52. The average Bonchev–Trinajstić information content (AvgIpc) is 2.92. The number of hydrogen-bond acceptors (Lipinski definition) is 6. The van der Waals surface area contributed by atoms with Gasteiger partial charge in [0.1, 0.15) is 11.6 Å². The van der Waals surface area contributed by atoms with Gasteiger partial charge in [-0.2, -0.15) is 4.31 Å². The van der Waals surface area contributed by atoms with Gasteiger partial charge in [-0.3, -0.25) is 4.90 Å². The van der Waals surface area contributed by atoms with Gasteiger partial charge in [0.25, 0.3) is 0 Å². The Balaban J connectivity index is 1.32. The maximum atomic E-state index is 13.3. The first-order chi connectivity index (χ1) is 17.6. The lowest BCUT2D eigenvalue weighted by Crippen LogP contribution is -2.49. The van der Waals surface area contributed by atoms with E-state index in [1.807, 2.05) is 18.2 Å². The highest BCUT2D eigenvalue weighted by atomic mass is 32.2. The number of anilines is 1. The molecule has 2 saturated heterocycles. The molecular weight excluding hydrogens is 482 g/mol. The van der Waals surface area contributed by atoms with Crippen molar-refractivity contribution >= 4 is 26.7 Å². The number of aromatic nitrogens is 2. The van der Waals surface area contributed by atoms with Gasteiger partial charge >= 0.3 is 0 Å². The third-order valence-corrected chi connectivity index (χ3v) is 9.72. The second kappa shape index (κ2) is 10.3. The Kier molecular flexibility index (Phi) is 7.27. The van der Waals surface area contributed by atoms with E-state index in [1.165, 1.54) is 19.3 Å². The number of nitrogens with zero attached hydrogens (tertiary/aromatic N) is 5. The Bertz CT molecular complexity index is 1340. The third-order valence-electron chi connectivity index (χ3n) is 7.81. The molecule has 1 atom stereocenters. The number of sulfonamides is 1. The number of piperazine rings is 1. The van der Waals surface area contributed by atoms with E-state index >= 15 is 0 Å². The number of piperidine rings is 1. The molecule has 198 valence electrons. The first-order valence-electron chi connectivity index (χ1n) is 13.5. The zero-order valence-electron chi connectivity index (χ0n) is 22.5. The van der Waals surface area contributed by atoms with Crippen LogP contribution in [-0.4, -0.2) is 66.9 Å². The number of rotatable bonds is 5. The van der Waals surface area contributed by atoms with E-state index in [1.54, 1.807) is 16.4 Å². The summed E-state index contributed by atoms with van der Waals surface area (Å²) in [5.74, 6) is 1.85. The first-order valence-corrected chi connectivity index (χ1v) is 14.9. The van der Waals surface area contributed by atoms with Crippen LogP contribution >= 0.6 is 0 Å². The van der Waals surface area contributed by atoms with Crippen molar-refractivity contribution in [3.8, 4) is 0 Å². The van der Waals surface area contributed by atoms with Crippen LogP contribution in [-0.2, 0) is 15.4 Å². The lowest BCUT2D eigenvalue weighted by molar-refractivity contribution is 0.141. The molecule has 0 bridgehead atoms. The second-order valence-electron chi connectivity index (χ2n) is 11.4. The van der Waals surface area contributed by atoms with Gasteiger partial charge in [-0.05, 0) is 61.4 Å². The summed E-state index contributed by atoms with van der Waals surface area (Å²) in [5.41, 5.74) is 2.09. The fraction of sp³-hybridized carbons (Fsp3) is 0.517. The van der Waals surface area contributed by atoms with Crippen molar-refractivity contribution in [1.29, 1.82) is 0 Å².